The lowest BCUT2D eigenvalue weighted by atomic mass is 10.2. The molecule has 2 N–H and O–H groups in total. The second-order valence-electron chi connectivity index (χ2n) is 5.82. The van der Waals surface area contributed by atoms with Gasteiger partial charge in [-0.05, 0) is 29.8 Å². The molecule has 0 spiro atoms. The van der Waals surface area contributed by atoms with Crippen molar-refractivity contribution < 1.29 is 14.2 Å². The summed E-state index contributed by atoms with van der Waals surface area (Å²) in [6, 6.07) is 15.7. The Bertz CT molecular complexity index is 666. The van der Waals surface area contributed by atoms with E-state index in [-0.39, 0.29) is 36.4 Å². The number of nitrogens with zero attached hydrogens (tertiary/aromatic N) is 2. The number of halogens is 2. The van der Waals surface area contributed by atoms with E-state index in [4.69, 9.17) is 4.74 Å². The van der Waals surface area contributed by atoms with E-state index in [1.807, 2.05) is 49.3 Å². The molecule has 142 valence electrons. The fourth-order valence-electron chi connectivity index (χ4n) is 2.10. The van der Waals surface area contributed by atoms with E-state index >= 15 is 0 Å². The zero-order chi connectivity index (χ0) is 18.1. The lowest BCUT2D eigenvalue weighted by molar-refractivity contribution is 0.110. The molecule has 0 saturated carbocycles. The van der Waals surface area contributed by atoms with Gasteiger partial charge >= 0.3 is 0 Å². The van der Waals surface area contributed by atoms with Crippen molar-refractivity contribution in [1.82, 2.24) is 10.2 Å². The molecule has 0 heterocycles. The molecule has 7 heteroatoms. The normalized spacial score (nSPS) is 12.1. The largest absolute Gasteiger partial charge is 0.491 e. The zero-order valence-corrected chi connectivity index (χ0v) is 17.3. The van der Waals surface area contributed by atoms with Crippen LogP contribution in [0.1, 0.15) is 5.56 Å². The quantitative estimate of drug-likeness (QED) is 0.369. The summed E-state index contributed by atoms with van der Waals surface area (Å²) >= 11 is 0. The van der Waals surface area contributed by atoms with Gasteiger partial charge in [0, 0.05) is 20.6 Å². The Morgan fingerprint density at radius 1 is 1.15 bits per heavy atom. The number of aliphatic imine (C=N–C) groups is 1. The maximum Gasteiger partial charge on any atom is 0.193 e. The molecule has 26 heavy (non-hydrogen) atoms. The molecule has 0 bridgehead atoms. The average molecular weight is 473 g/mol. The molecule has 0 aliphatic rings. The first-order chi connectivity index (χ1) is 12.0. The van der Waals surface area contributed by atoms with E-state index < -0.39 is 6.10 Å². The van der Waals surface area contributed by atoms with Gasteiger partial charge in [0.05, 0.1) is 6.54 Å². The van der Waals surface area contributed by atoms with Gasteiger partial charge in [-0.1, -0.05) is 30.3 Å². The van der Waals surface area contributed by atoms with Crippen molar-refractivity contribution in [1.29, 1.82) is 0 Å². The van der Waals surface area contributed by atoms with Crippen LogP contribution in [0, 0.1) is 5.82 Å². The summed E-state index contributed by atoms with van der Waals surface area (Å²) in [6.45, 7) is 0.967. The molecule has 0 saturated heterocycles. The highest BCUT2D eigenvalue weighted by Crippen LogP contribution is 2.11. The molecule has 0 amide bonds. The molecular weight excluding hydrogens is 448 g/mol. The summed E-state index contributed by atoms with van der Waals surface area (Å²) in [5.74, 6) is 0.885. The summed E-state index contributed by atoms with van der Waals surface area (Å²) < 4.78 is 18.3. The number of nitrogens with one attached hydrogen (secondary N) is 1. The van der Waals surface area contributed by atoms with Crippen molar-refractivity contribution in [3.8, 4) is 5.75 Å². The first-order valence-electron chi connectivity index (χ1n) is 8.10. The lowest BCUT2D eigenvalue weighted by Gasteiger charge is -2.20. The summed E-state index contributed by atoms with van der Waals surface area (Å²) in [5, 5.41) is 13.2. The molecule has 0 fully saturated rings. The predicted molar refractivity (Wildman–Crippen MR) is 113 cm³/mol. The summed E-state index contributed by atoms with van der Waals surface area (Å²) in [7, 11) is 3.77. The number of aliphatic hydroxyl groups excluding tert-OH is 1. The van der Waals surface area contributed by atoms with Crippen molar-refractivity contribution in [3.63, 3.8) is 0 Å². The number of guanidine groups is 1. The number of aliphatic hydroxyl groups is 1. The van der Waals surface area contributed by atoms with Crippen LogP contribution in [0.2, 0.25) is 0 Å². The van der Waals surface area contributed by atoms with Gasteiger partial charge in [0.15, 0.2) is 5.96 Å². The van der Waals surface area contributed by atoms with Gasteiger partial charge in [0.2, 0.25) is 0 Å². The Labute approximate surface area is 170 Å². The minimum atomic E-state index is -0.716. The van der Waals surface area contributed by atoms with Gasteiger partial charge in [0.1, 0.15) is 24.3 Å². The van der Waals surface area contributed by atoms with Crippen molar-refractivity contribution >= 4 is 29.9 Å². The van der Waals surface area contributed by atoms with Gasteiger partial charge in [-0.2, -0.15) is 0 Å². The SMILES string of the molecule is CN(C)C(=NCc1ccccc1)NCC(O)COc1ccc(F)cc1.I. The Hall–Kier alpha value is -1.87. The standard InChI is InChI=1S/C19H24FN3O2.HI/c1-23(2)19(21-12-15-6-4-3-5-7-15)22-13-17(24)14-25-18-10-8-16(20)9-11-18;/h3-11,17,24H,12-14H2,1-2H3,(H,21,22);1H. The van der Waals surface area contributed by atoms with Gasteiger partial charge in [-0.25, -0.2) is 9.38 Å². The number of rotatable bonds is 7. The number of hydrogen-bond acceptors (Lipinski definition) is 3. The van der Waals surface area contributed by atoms with Gasteiger partial charge in [0.25, 0.3) is 0 Å². The van der Waals surface area contributed by atoms with Crippen LogP contribution in [-0.2, 0) is 6.54 Å². The maximum atomic E-state index is 12.8. The molecule has 5 nitrogen and oxygen atoms in total. The van der Waals surface area contributed by atoms with E-state index in [0.29, 0.717) is 24.8 Å². The van der Waals surface area contributed by atoms with Crippen molar-refractivity contribution in [2.45, 2.75) is 12.6 Å². The Kier molecular flexibility index (Phi) is 9.97. The predicted octanol–water partition coefficient (Wildman–Crippen LogP) is 2.89. The number of ether oxygens (including phenoxy) is 1. The Balaban J connectivity index is 0.00000338. The monoisotopic (exact) mass is 473 g/mol. The molecule has 0 aromatic heterocycles. The van der Waals surface area contributed by atoms with Crippen LogP contribution in [0.15, 0.2) is 59.6 Å². The smallest absolute Gasteiger partial charge is 0.193 e. The zero-order valence-electron chi connectivity index (χ0n) is 14.9. The molecule has 2 rings (SSSR count). The van der Waals surface area contributed by atoms with E-state index in [9.17, 15) is 9.50 Å². The number of hydrogen-bond donors (Lipinski definition) is 2. The van der Waals surface area contributed by atoms with Crippen molar-refractivity contribution in [2.75, 3.05) is 27.2 Å². The van der Waals surface area contributed by atoms with E-state index in [1.54, 1.807) is 0 Å². The van der Waals surface area contributed by atoms with Crippen molar-refractivity contribution in [2.24, 2.45) is 4.99 Å². The first kappa shape index (κ1) is 22.2. The Morgan fingerprint density at radius 3 is 2.42 bits per heavy atom. The first-order valence-corrected chi connectivity index (χ1v) is 8.10. The minimum Gasteiger partial charge on any atom is -0.491 e. The van der Waals surface area contributed by atoms with Crippen LogP contribution in [-0.4, -0.2) is 49.3 Å². The molecule has 0 radical (unpaired) electrons. The third kappa shape index (κ3) is 8.01. The molecule has 1 unspecified atom stereocenters. The van der Waals surface area contributed by atoms with E-state index in [1.165, 1.54) is 24.3 Å². The van der Waals surface area contributed by atoms with E-state index in [0.717, 1.165) is 5.56 Å². The second kappa shape index (κ2) is 11.7. The highest BCUT2D eigenvalue weighted by molar-refractivity contribution is 14.0. The van der Waals surface area contributed by atoms with Gasteiger partial charge in [-0.15, -0.1) is 24.0 Å². The van der Waals surface area contributed by atoms with Crippen LogP contribution in [0.5, 0.6) is 5.75 Å². The highest BCUT2D eigenvalue weighted by atomic mass is 127. The fourth-order valence-corrected chi connectivity index (χ4v) is 2.10. The van der Waals surface area contributed by atoms with Crippen LogP contribution >= 0.6 is 24.0 Å². The summed E-state index contributed by atoms with van der Waals surface area (Å²) in [6.07, 6.45) is -0.716. The van der Waals surface area contributed by atoms with E-state index in [2.05, 4.69) is 10.3 Å². The second-order valence-corrected chi connectivity index (χ2v) is 5.82. The topological polar surface area (TPSA) is 57.1 Å². The molecule has 2 aromatic rings. The third-order valence-corrected chi connectivity index (χ3v) is 3.43. The van der Waals surface area contributed by atoms with Gasteiger partial charge in [-0.3, -0.25) is 0 Å². The van der Waals surface area contributed by atoms with Crippen LogP contribution in [0.4, 0.5) is 4.39 Å². The third-order valence-electron chi connectivity index (χ3n) is 3.43. The number of benzene rings is 2. The molecular formula is C19H25FIN3O2. The summed E-state index contributed by atoms with van der Waals surface area (Å²) in [4.78, 5) is 6.39. The summed E-state index contributed by atoms with van der Waals surface area (Å²) in [5.41, 5.74) is 1.11. The minimum absolute atomic E-state index is 0. The molecule has 0 aliphatic heterocycles. The molecule has 0 aliphatic carbocycles. The highest BCUT2D eigenvalue weighted by Gasteiger charge is 2.08. The molecule has 1 atom stereocenters. The lowest BCUT2D eigenvalue weighted by Crippen LogP contribution is -2.42. The Morgan fingerprint density at radius 2 is 1.81 bits per heavy atom. The van der Waals surface area contributed by atoms with Crippen LogP contribution in [0.3, 0.4) is 0 Å². The average Bonchev–Trinajstić information content (AvgIpc) is 2.61. The van der Waals surface area contributed by atoms with Crippen LogP contribution < -0.4 is 10.1 Å². The maximum absolute atomic E-state index is 12.8. The van der Waals surface area contributed by atoms with Crippen LogP contribution in [0.25, 0.3) is 0 Å². The molecule has 2 aromatic carbocycles. The van der Waals surface area contributed by atoms with Gasteiger partial charge < -0.3 is 20.1 Å². The van der Waals surface area contributed by atoms with Crippen molar-refractivity contribution in [3.05, 3.63) is 66.0 Å². The fraction of sp³-hybridized carbons (Fsp3) is 0.316.